The number of Topliss-reactive ketones (excluding diaryl/α,β-unsaturated/α-hetero) is 1. The molecule has 0 spiro atoms. The molecule has 7 rings (SSSR count). The number of ketones is 1. The number of carbonyl (C=O) groups excluding carboxylic acids is 1. The summed E-state index contributed by atoms with van der Waals surface area (Å²) in [5.41, 5.74) is 8.59. The van der Waals surface area contributed by atoms with Gasteiger partial charge in [0.25, 0.3) is 0 Å². The molecule has 1 atom stereocenters. The summed E-state index contributed by atoms with van der Waals surface area (Å²) >= 11 is 0. The van der Waals surface area contributed by atoms with Crippen LogP contribution in [0.25, 0.3) is 33.2 Å². The molecule has 1 nitrogen and oxygen atoms in total. The van der Waals surface area contributed by atoms with E-state index in [1.54, 1.807) is 0 Å². The molecular formula is C26H16O. The molecule has 0 aliphatic heterocycles. The summed E-state index contributed by atoms with van der Waals surface area (Å²) in [6.07, 6.45) is 4.52. The fraction of sp³-hybridized carbons (Fsp3) is 0.115. The molecule has 0 amide bonds. The van der Waals surface area contributed by atoms with Crippen LogP contribution in [0.15, 0.2) is 60.7 Å². The number of hydrogen-bond acceptors (Lipinski definition) is 1. The van der Waals surface area contributed by atoms with Crippen LogP contribution in [0.4, 0.5) is 0 Å². The van der Waals surface area contributed by atoms with Gasteiger partial charge in [-0.2, -0.15) is 0 Å². The largest absolute Gasteiger partial charge is 0.293 e. The van der Waals surface area contributed by atoms with E-state index < -0.39 is 0 Å². The van der Waals surface area contributed by atoms with Gasteiger partial charge < -0.3 is 0 Å². The third-order valence-electron chi connectivity index (χ3n) is 6.74. The van der Waals surface area contributed by atoms with Crippen LogP contribution in [0.3, 0.4) is 0 Å². The Hall–Kier alpha value is -3.19. The van der Waals surface area contributed by atoms with E-state index in [-0.39, 0.29) is 11.7 Å². The monoisotopic (exact) mass is 344 g/mol. The molecule has 4 aromatic carbocycles. The summed E-state index contributed by atoms with van der Waals surface area (Å²) in [6, 6.07) is 21.5. The van der Waals surface area contributed by atoms with E-state index >= 15 is 0 Å². The van der Waals surface area contributed by atoms with Crippen molar-refractivity contribution in [2.75, 3.05) is 0 Å². The highest BCUT2D eigenvalue weighted by molar-refractivity contribution is 6.26. The number of allylic oxidation sites excluding steroid dienone is 1. The molecule has 126 valence electrons. The number of fused-ring (bicyclic) bond motifs is 3. The zero-order chi connectivity index (χ0) is 17.7. The Morgan fingerprint density at radius 2 is 1.44 bits per heavy atom. The quantitative estimate of drug-likeness (QED) is 0.387. The second kappa shape index (κ2) is 4.55. The van der Waals surface area contributed by atoms with Gasteiger partial charge >= 0.3 is 0 Å². The maximum atomic E-state index is 13.6. The van der Waals surface area contributed by atoms with Gasteiger partial charge in [0.2, 0.25) is 0 Å². The Morgan fingerprint density at radius 3 is 2.26 bits per heavy atom. The predicted molar refractivity (Wildman–Crippen MR) is 110 cm³/mol. The van der Waals surface area contributed by atoms with Crippen LogP contribution in [0.2, 0.25) is 0 Å². The first kappa shape index (κ1) is 13.9. The first-order valence-electron chi connectivity index (χ1n) is 9.66. The van der Waals surface area contributed by atoms with Crippen molar-refractivity contribution in [3.63, 3.8) is 0 Å². The summed E-state index contributed by atoms with van der Waals surface area (Å²) < 4.78 is 0. The lowest BCUT2D eigenvalue weighted by atomic mass is 9.70. The summed E-state index contributed by atoms with van der Waals surface area (Å²) in [6.45, 7) is 0. The van der Waals surface area contributed by atoms with Gasteiger partial charge in [0.05, 0.1) is 5.92 Å². The molecule has 1 heteroatoms. The first-order chi connectivity index (χ1) is 13.3. The van der Waals surface area contributed by atoms with Crippen LogP contribution < -0.4 is 0 Å². The topological polar surface area (TPSA) is 17.1 Å². The molecule has 3 aliphatic carbocycles. The first-order valence-corrected chi connectivity index (χ1v) is 9.66. The lowest BCUT2D eigenvalue weighted by Gasteiger charge is -2.32. The Labute approximate surface area is 156 Å². The molecule has 0 aromatic heterocycles. The van der Waals surface area contributed by atoms with Crippen molar-refractivity contribution in [1.29, 1.82) is 0 Å². The molecule has 3 aliphatic rings. The minimum Gasteiger partial charge on any atom is -0.293 e. The van der Waals surface area contributed by atoms with Crippen LogP contribution in [0.5, 0.6) is 0 Å². The van der Waals surface area contributed by atoms with Crippen molar-refractivity contribution in [3.8, 4) is 0 Å². The number of aryl methyl sites for hydroxylation is 2. The standard InChI is InChI=1S/C26H16O/c27-26-20-6-2-4-14-3-1-5-18(23(14)20)21-13-17-10-9-15-7-8-16-11-12-19(25(21)26)24(17)22(15)16/h1-6,9-13,25H,7-8H2. The normalized spacial score (nSPS) is 18.7. The second-order valence-electron chi connectivity index (χ2n) is 7.98. The molecule has 0 N–H and O–H groups in total. The molecule has 1 unspecified atom stereocenters. The average Bonchev–Trinajstić information content (AvgIpc) is 3.14. The van der Waals surface area contributed by atoms with Gasteiger partial charge in [0, 0.05) is 10.9 Å². The van der Waals surface area contributed by atoms with Crippen LogP contribution in [0, 0.1) is 0 Å². The van der Waals surface area contributed by atoms with E-state index in [0.29, 0.717) is 0 Å². The van der Waals surface area contributed by atoms with Gasteiger partial charge in [0.15, 0.2) is 5.78 Å². The lowest BCUT2D eigenvalue weighted by molar-refractivity contribution is 0.0980. The third kappa shape index (κ3) is 1.55. The van der Waals surface area contributed by atoms with Gasteiger partial charge in [-0.25, -0.2) is 0 Å². The summed E-state index contributed by atoms with van der Waals surface area (Å²) in [4.78, 5) is 13.6. The number of benzene rings is 4. The van der Waals surface area contributed by atoms with E-state index in [9.17, 15) is 4.79 Å². The van der Waals surface area contributed by atoms with Gasteiger partial charge in [-0.3, -0.25) is 4.79 Å². The van der Waals surface area contributed by atoms with Crippen molar-refractivity contribution in [3.05, 3.63) is 94.0 Å². The average molecular weight is 344 g/mol. The molecule has 0 bridgehead atoms. The Morgan fingerprint density at radius 1 is 0.704 bits per heavy atom. The van der Waals surface area contributed by atoms with Crippen LogP contribution in [0.1, 0.15) is 44.1 Å². The molecule has 27 heavy (non-hydrogen) atoms. The van der Waals surface area contributed by atoms with Crippen molar-refractivity contribution in [2.24, 2.45) is 0 Å². The third-order valence-corrected chi connectivity index (χ3v) is 6.74. The fourth-order valence-electron chi connectivity index (χ4n) is 5.62. The van der Waals surface area contributed by atoms with Gasteiger partial charge in [-0.15, -0.1) is 0 Å². The highest BCUT2D eigenvalue weighted by atomic mass is 16.1. The van der Waals surface area contributed by atoms with Crippen LogP contribution >= 0.6 is 0 Å². The predicted octanol–water partition coefficient (Wildman–Crippen LogP) is 5.93. The summed E-state index contributed by atoms with van der Waals surface area (Å²) in [5, 5.41) is 4.99. The minimum absolute atomic E-state index is 0.178. The van der Waals surface area contributed by atoms with Crippen LogP contribution in [-0.4, -0.2) is 5.78 Å². The molecule has 4 aromatic rings. The van der Waals surface area contributed by atoms with E-state index in [0.717, 1.165) is 34.8 Å². The van der Waals surface area contributed by atoms with E-state index in [1.165, 1.54) is 38.6 Å². The van der Waals surface area contributed by atoms with Crippen molar-refractivity contribution in [2.45, 2.75) is 18.8 Å². The Kier molecular flexibility index (Phi) is 2.35. The number of rotatable bonds is 0. The summed E-state index contributed by atoms with van der Waals surface area (Å²) in [7, 11) is 0. The Bertz CT molecular complexity index is 1370. The second-order valence-corrected chi connectivity index (χ2v) is 7.98. The smallest absolute Gasteiger partial charge is 0.175 e. The van der Waals surface area contributed by atoms with Gasteiger partial charge in [-0.05, 0) is 68.5 Å². The SMILES string of the molecule is O=C1c2cccc3cccc(c23)C2=Cc3ccc4c5c(ccc(c35)C12)CC4. The maximum absolute atomic E-state index is 13.6. The maximum Gasteiger partial charge on any atom is 0.175 e. The highest BCUT2D eigenvalue weighted by Crippen LogP contribution is 2.51. The Balaban J connectivity index is 1.66. The molecule has 0 saturated carbocycles. The fourth-order valence-corrected chi connectivity index (χ4v) is 5.62. The van der Waals surface area contributed by atoms with Gasteiger partial charge in [-0.1, -0.05) is 60.7 Å². The zero-order valence-corrected chi connectivity index (χ0v) is 14.8. The summed E-state index contributed by atoms with van der Waals surface area (Å²) in [5.74, 6) is 0.0674. The van der Waals surface area contributed by atoms with Crippen molar-refractivity contribution in [1.82, 2.24) is 0 Å². The van der Waals surface area contributed by atoms with E-state index in [4.69, 9.17) is 0 Å². The van der Waals surface area contributed by atoms with Crippen LogP contribution in [-0.2, 0) is 12.8 Å². The molecule has 0 fully saturated rings. The minimum atomic E-state index is -0.178. The number of carbonyl (C=O) groups is 1. The van der Waals surface area contributed by atoms with Crippen molar-refractivity contribution >= 4 is 39.0 Å². The van der Waals surface area contributed by atoms with Crippen molar-refractivity contribution < 1.29 is 4.79 Å². The molecule has 0 heterocycles. The molecule has 0 radical (unpaired) electrons. The highest BCUT2D eigenvalue weighted by Gasteiger charge is 2.37. The molecule has 0 saturated heterocycles. The van der Waals surface area contributed by atoms with E-state index in [2.05, 4.69) is 54.6 Å². The zero-order valence-electron chi connectivity index (χ0n) is 14.8. The van der Waals surface area contributed by atoms with E-state index in [1.807, 2.05) is 12.1 Å². The molecular weight excluding hydrogens is 328 g/mol. The lowest BCUT2D eigenvalue weighted by Crippen LogP contribution is -2.22. The van der Waals surface area contributed by atoms with Gasteiger partial charge in [0.1, 0.15) is 0 Å². The number of hydrogen-bond donors (Lipinski definition) is 0.